The van der Waals surface area contributed by atoms with Crippen LogP contribution in [0.3, 0.4) is 0 Å². The Morgan fingerprint density at radius 2 is 1.52 bits per heavy atom. The van der Waals surface area contributed by atoms with E-state index in [2.05, 4.69) is 15.5 Å². The molecule has 2 aromatic carbocycles. The van der Waals surface area contributed by atoms with Gasteiger partial charge >= 0.3 is 0 Å². The summed E-state index contributed by atoms with van der Waals surface area (Å²) in [6.45, 7) is 1.44. The molecule has 5 heteroatoms. The number of carbonyl (C=O) groups is 2. The standard InChI is InChI=1S/C20H23N3O2/c24-19(21-16-8-3-1-4-9-16)13-15-23-14-7-12-18(23)20(25)22-17-10-5-2-6-11-17/h1-6,8-11,18H,7,12-15H2,(H,21,24)(H,22,25)/t18-/m1/s1. The molecule has 2 aromatic rings. The Morgan fingerprint density at radius 3 is 2.16 bits per heavy atom. The molecule has 5 nitrogen and oxygen atoms in total. The van der Waals surface area contributed by atoms with Crippen LogP contribution >= 0.6 is 0 Å². The zero-order chi connectivity index (χ0) is 17.5. The largest absolute Gasteiger partial charge is 0.326 e. The summed E-state index contributed by atoms with van der Waals surface area (Å²) in [4.78, 5) is 26.7. The van der Waals surface area contributed by atoms with Gasteiger partial charge in [0.1, 0.15) is 0 Å². The molecule has 1 saturated heterocycles. The molecule has 1 atom stereocenters. The van der Waals surface area contributed by atoms with Gasteiger partial charge in [0, 0.05) is 24.3 Å². The van der Waals surface area contributed by atoms with Crippen LogP contribution in [-0.2, 0) is 9.59 Å². The molecule has 0 aliphatic carbocycles. The van der Waals surface area contributed by atoms with Gasteiger partial charge in [-0.2, -0.15) is 0 Å². The number of para-hydroxylation sites is 2. The SMILES string of the molecule is O=C(CCN1CCC[C@@H]1C(=O)Nc1ccccc1)Nc1ccccc1. The van der Waals surface area contributed by atoms with Crippen LogP contribution in [0.4, 0.5) is 11.4 Å². The summed E-state index contributed by atoms with van der Waals surface area (Å²) in [6, 6.07) is 18.7. The number of nitrogens with one attached hydrogen (secondary N) is 2. The minimum absolute atomic E-state index is 0.00664. The summed E-state index contributed by atoms with van der Waals surface area (Å²) in [5, 5.41) is 5.84. The van der Waals surface area contributed by atoms with E-state index in [9.17, 15) is 9.59 Å². The Bertz CT molecular complexity index is 703. The van der Waals surface area contributed by atoms with Crippen molar-refractivity contribution in [2.75, 3.05) is 23.7 Å². The van der Waals surface area contributed by atoms with Crippen LogP contribution < -0.4 is 10.6 Å². The van der Waals surface area contributed by atoms with Gasteiger partial charge in [0.25, 0.3) is 0 Å². The molecule has 0 saturated carbocycles. The number of benzene rings is 2. The molecular weight excluding hydrogens is 314 g/mol. The normalized spacial score (nSPS) is 17.2. The fourth-order valence-corrected chi connectivity index (χ4v) is 3.13. The highest BCUT2D eigenvalue weighted by molar-refractivity contribution is 5.95. The highest BCUT2D eigenvalue weighted by Crippen LogP contribution is 2.19. The molecule has 1 aliphatic rings. The van der Waals surface area contributed by atoms with Gasteiger partial charge in [0.15, 0.2) is 0 Å². The first kappa shape index (κ1) is 17.2. The molecule has 1 aliphatic heterocycles. The lowest BCUT2D eigenvalue weighted by Crippen LogP contribution is -2.40. The first-order chi connectivity index (χ1) is 12.2. The molecule has 3 rings (SSSR count). The predicted molar refractivity (Wildman–Crippen MR) is 99.4 cm³/mol. The van der Waals surface area contributed by atoms with E-state index in [0.717, 1.165) is 30.8 Å². The number of hydrogen-bond donors (Lipinski definition) is 2. The average Bonchev–Trinajstić information content (AvgIpc) is 3.10. The maximum absolute atomic E-state index is 12.5. The van der Waals surface area contributed by atoms with E-state index in [0.29, 0.717) is 13.0 Å². The molecule has 0 aromatic heterocycles. The van der Waals surface area contributed by atoms with Crippen LogP contribution in [0.1, 0.15) is 19.3 Å². The number of rotatable bonds is 6. The van der Waals surface area contributed by atoms with E-state index in [1.807, 2.05) is 60.7 Å². The monoisotopic (exact) mass is 337 g/mol. The van der Waals surface area contributed by atoms with Crippen LogP contribution in [0.2, 0.25) is 0 Å². The van der Waals surface area contributed by atoms with Gasteiger partial charge < -0.3 is 10.6 Å². The first-order valence-electron chi connectivity index (χ1n) is 8.67. The number of hydrogen-bond acceptors (Lipinski definition) is 3. The summed E-state index contributed by atoms with van der Waals surface area (Å²) >= 11 is 0. The highest BCUT2D eigenvalue weighted by Gasteiger charge is 2.30. The van der Waals surface area contributed by atoms with Gasteiger partial charge in [-0.1, -0.05) is 36.4 Å². The van der Waals surface area contributed by atoms with Gasteiger partial charge in [-0.3, -0.25) is 14.5 Å². The highest BCUT2D eigenvalue weighted by atomic mass is 16.2. The van der Waals surface area contributed by atoms with Crippen LogP contribution in [0, 0.1) is 0 Å². The third-order valence-corrected chi connectivity index (χ3v) is 4.39. The van der Waals surface area contributed by atoms with Gasteiger partial charge in [-0.15, -0.1) is 0 Å². The predicted octanol–water partition coefficient (Wildman–Crippen LogP) is 3.12. The molecule has 0 unspecified atom stereocenters. The van der Waals surface area contributed by atoms with Gasteiger partial charge in [0.05, 0.1) is 6.04 Å². The summed E-state index contributed by atoms with van der Waals surface area (Å²) < 4.78 is 0. The maximum atomic E-state index is 12.5. The Kier molecular flexibility index (Phi) is 5.80. The minimum atomic E-state index is -0.162. The van der Waals surface area contributed by atoms with Gasteiger partial charge in [-0.05, 0) is 43.7 Å². The number of anilines is 2. The lowest BCUT2D eigenvalue weighted by Gasteiger charge is -2.23. The Balaban J connectivity index is 1.49. The third-order valence-electron chi connectivity index (χ3n) is 4.39. The van der Waals surface area contributed by atoms with Crippen molar-refractivity contribution in [2.45, 2.75) is 25.3 Å². The molecular formula is C20H23N3O2. The first-order valence-corrected chi connectivity index (χ1v) is 8.67. The van der Waals surface area contributed by atoms with Crippen molar-refractivity contribution in [1.82, 2.24) is 4.90 Å². The molecule has 0 spiro atoms. The smallest absolute Gasteiger partial charge is 0.241 e. The topological polar surface area (TPSA) is 61.4 Å². The van der Waals surface area contributed by atoms with Crippen LogP contribution in [-0.4, -0.2) is 35.8 Å². The zero-order valence-corrected chi connectivity index (χ0v) is 14.2. The van der Waals surface area contributed by atoms with Crippen LogP contribution in [0.15, 0.2) is 60.7 Å². The molecule has 25 heavy (non-hydrogen) atoms. The van der Waals surface area contributed by atoms with E-state index in [1.54, 1.807) is 0 Å². The summed E-state index contributed by atoms with van der Waals surface area (Å²) in [6.07, 6.45) is 2.19. The maximum Gasteiger partial charge on any atom is 0.241 e. The second-order valence-corrected chi connectivity index (χ2v) is 6.21. The molecule has 2 N–H and O–H groups in total. The Morgan fingerprint density at radius 1 is 0.920 bits per heavy atom. The number of carbonyl (C=O) groups excluding carboxylic acids is 2. The number of likely N-dealkylation sites (tertiary alicyclic amines) is 1. The second kappa shape index (κ2) is 8.44. The van der Waals surface area contributed by atoms with Gasteiger partial charge in [-0.25, -0.2) is 0 Å². The van der Waals surface area contributed by atoms with Crippen molar-refractivity contribution in [3.63, 3.8) is 0 Å². The molecule has 2 amide bonds. The van der Waals surface area contributed by atoms with E-state index in [1.165, 1.54) is 0 Å². The van der Waals surface area contributed by atoms with E-state index >= 15 is 0 Å². The van der Waals surface area contributed by atoms with E-state index in [-0.39, 0.29) is 17.9 Å². The van der Waals surface area contributed by atoms with E-state index in [4.69, 9.17) is 0 Å². The number of amides is 2. The quantitative estimate of drug-likeness (QED) is 0.851. The molecule has 1 fully saturated rings. The fourth-order valence-electron chi connectivity index (χ4n) is 3.13. The molecule has 0 bridgehead atoms. The van der Waals surface area contributed by atoms with Crippen molar-refractivity contribution >= 4 is 23.2 Å². The summed E-state index contributed by atoms with van der Waals surface area (Å²) in [5.74, 6) is -0.0208. The second-order valence-electron chi connectivity index (χ2n) is 6.21. The molecule has 1 heterocycles. The van der Waals surface area contributed by atoms with Gasteiger partial charge in [0.2, 0.25) is 11.8 Å². The number of nitrogens with zero attached hydrogens (tertiary/aromatic N) is 1. The van der Waals surface area contributed by atoms with Crippen LogP contribution in [0.25, 0.3) is 0 Å². The zero-order valence-electron chi connectivity index (χ0n) is 14.2. The summed E-state index contributed by atoms with van der Waals surface area (Å²) in [7, 11) is 0. The average molecular weight is 337 g/mol. The Hall–Kier alpha value is -2.66. The molecule has 0 radical (unpaired) electrons. The van der Waals surface area contributed by atoms with Crippen molar-refractivity contribution in [1.29, 1.82) is 0 Å². The van der Waals surface area contributed by atoms with E-state index < -0.39 is 0 Å². The Labute approximate surface area is 148 Å². The third kappa shape index (κ3) is 4.90. The summed E-state index contributed by atoms with van der Waals surface area (Å²) in [5.41, 5.74) is 1.61. The van der Waals surface area contributed by atoms with Crippen molar-refractivity contribution in [3.05, 3.63) is 60.7 Å². The fraction of sp³-hybridized carbons (Fsp3) is 0.300. The lowest BCUT2D eigenvalue weighted by atomic mass is 10.2. The molecule has 130 valence electrons. The van der Waals surface area contributed by atoms with Crippen LogP contribution in [0.5, 0.6) is 0 Å². The lowest BCUT2D eigenvalue weighted by molar-refractivity contribution is -0.121. The van der Waals surface area contributed by atoms with Crippen molar-refractivity contribution in [2.24, 2.45) is 0 Å². The minimum Gasteiger partial charge on any atom is -0.326 e. The van der Waals surface area contributed by atoms with Crippen molar-refractivity contribution < 1.29 is 9.59 Å². The van der Waals surface area contributed by atoms with Crippen molar-refractivity contribution in [3.8, 4) is 0 Å².